The highest BCUT2D eigenvalue weighted by atomic mass is 35.5. The van der Waals surface area contributed by atoms with Gasteiger partial charge in [0.2, 0.25) is 0 Å². The van der Waals surface area contributed by atoms with Crippen molar-refractivity contribution >= 4 is 29.1 Å². The van der Waals surface area contributed by atoms with Crippen LogP contribution in [0.1, 0.15) is 12.0 Å². The summed E-state index contributed by atoms with van der Waals surface area (Å²) < 4.78 is 0. The molecule has 1 aromatic rings. The van der Waals surface area contributed by atoms with Crippen LogP contribution in [0.2, 0.25) is 5.02 Å². The van der Waals surface area contributed by atoms with Gasteiger partial charge in [0.05, 0.1) is 0 Å². The number of anilines is 1. The van der Waals surface area contributed by atoms with Gasteiger partial charge in [0, 0.05) is 23.1 Å². The Hall–Kier alpha value is -0.380. The molecule has 0 aromatic heterocycles. The summed E-state index contributed by atoms with van der Waals surface area (Å²) in [4.78, 5) is 0. The predicted octanol–water partition coefficient (Wildman–Crippen LogP) is 2.54. The third-order valence-corrected chi connectivity index (χ3v) is 3.23. The van der Waals surface area contributed by atoms with Gasteiger partial charge in [-0.1, -0.05) is 17.7 Å². The fraction of sp³-hybridized carbons (Fsp3) is 0.400. The third-order valence-electron chi connectivity index (χ3n) is 1.78. The Morgan fingerprint density at radius 2 is 2.21 bits per heavy atom. The second-order valence-corrected chi connectivity index (χ2v) is 4.49. The molecule has 0 atom stereocenters. The van der Waals surface area contributed by atoms with Crippen LogP contribution in [0.15, 0.2) is 18.2 Å². The Morgan fingerprint density at radius 3 is 2.86 bits per heavy atom. The highest BCUT2D eigenvalue weighted by Crippen LogP contribution is 2.23. The first-order valence-corrected chi connectivity index (χ1v) is 6.00. The van der Waals surface area contributed by atoms with Crippen molar-refractivity contribution in [2.24, 2.45) is 0 Å². The number of halogens is 1. The van der Waals surface area contributed by atoms with E-state index in [0.717, 1.165) is 28.5 Å². The van der Waals surface area contributed by atoms with Crippen molar-refractivity contribution in [2.75, 3.05) is 18.1 Å². The molecule has 0 radical (unpaired) electrons. The maximum Gasteiger partial charge on any atom is 0.0466 e. The molecule has 3 N–H and O–H groups in total. The number of aliphatic hydroxyl groups is 1. The second-order valence-electron chi connectivity index (χ2n) is 2.98. The van der Waals surface area contributed by atoms with E-state index in [0.29, 0.717) is 5.69 Å². The molecule has 0 fully saturated rings. The molecule has 0 aliphatic rings. The van der Waals surface area contributed by atoms with Gasteiger partial charge >= 0.3 is 0 Å². The van der Waals surface area contributed by atoms with Crippen molar-refractivity contribution in [3.05, 3.63) is 28.8 Å². The monoisotopic (exact) mass is 231 g/mol. The summed E-state index contributed by atoms with van der Waals surface area (Å²) in [5.74, 6) is 1.83. The van der Waals surface area contributed by atoms with Crippen LogP contribution in [0.25, 0.3) is 0 Å². The number of nitrogen functional groups attached to an aromatic ring is 1. The number of rotatable bonds is 5. The van der Waals surface area contributed by atoms with Crippen LogP contribution in [0.4, 0.5) is 5.69 Å². The first kappa shape index (κ1) is 11.7. The number of nitrogens with two attached hydrogens (primary N) is 1. The first-order chi connectivity index (χ1) is 6.74. The van der Waals surface area contributed by atoms with Crippen LogP contribution in [0.5, 0.6) is 0 Å². The Balaban J connectivity index is 2.42. The summed E-state index contributed by atoms with van der Waals surface area (Å²) in [6.45, 7) is 0.252. The second kappa shape index (κ2) is 6.17. The molecule has 0 aliphatic heterocycles. The summed E-state index contributed by atoms with van der Waals surface area (Å²) in [6, 6.07) is 5.57. The number of hydrogen-bond donors (Lipinski definition) is 2. The van der Waals surface area contributed by atoms with E-state index in [-0.39, 0.29) is 6.61 Å². The van der Waals surface area contributed by atoms with Gasteiger partial charge in [-0.15, -0.1) is 0 Å². The lowest BCUT2D eigenvalue weighted by Gasteiger charge is -2.04. The molecule has 0 unspecified atom stereocenters. The van der Waals surface area contributed by atoms with E-state index in [1.54, 1.807) is 17.8 Å². The van der Waals surface area contributed by atoms with E-state index in [1.165, 1.54) is 0 Å². The van der Waals surface area contributed by atoms with E-state index in [9.17, 15) is 0 Å². The van der Waals surface area contributed by atoms with Gasteiger partial charge in [0.25, 0.3) is 0 Å². The molecule has 0 aliphatic carbocycles. The number of benzene rings is 1. The zero-order valence-corrected chi connectivity index (χ0v) is 9.44. The average molecular weight is 232 g/mol. The van der Waals surface area contributed by atoms with Gasteiger partial charge < -0.3 is 10.8 Å². The molecule has 4 heteroatoms. The van der Waals surface area contributed by atoms with E-state index in [1.807, 2.05) is 12.1 Å². The summed E-state index contributed by atoms with van der Waals surface area (Å²) >= 11 is 7.77. The fourth-order valence-corrected chi connectivity index (χ4v) is 2.31. The van der Waals surface area contributed by atoms with E-state index in [4.69, 9.17) is 22.4 Å². The van der Waals surface area contributed by atoms with Crippen molar-refractivity contribution in [1.29, 1.82) is 0 Å². The predicted molar refractivity (Wildman–Crippen MR) is 63.7 cm³/mol. The minimum Gasteiger partial charge on any atom is -0.399 e. The molecule has 0 bridgehead atoms. The zero-order valence-electron chi connectivity index (χ0n) is 7.87. The van der Waals surface area contributed by atoms with Gasteiger partial charge in [-0.05, 0) is 29.9 Å². The van der Waals surface area contributed by atoms with Crippen LogP contribution in [0.3, 0.4) is 0 Å². The van der Waals surface area contributed by atoms with E-state index >= 15 is 0 Å². The maximum absolute atomic E-state index is 8.60. The van der Waals surface area contributed by atoms with Crippen molar-refractivity contribution in [2.45, 2.75) is 12.2 Å². The van der Waals surface area contributed by atoms with Crippen LogP contribution >= 0.6 is 23.4 Å². The summed E-state index contributed by atoms with van der Waals surface area (Å²) in [5, 5.41) is 9.32. The Labute approximate surface area is 93.5 Å². The van der Waals surface area contributed by atoms with Gasteiger partial charge in [-0.25, -0.2) is 0 Å². The zero-order chi connectivity index (χ0) is 10.4. The van der Waals surface area contributed by atoms with Crippen molar-refractivity contribution < 1.29 is 5.11 Å². The molecule has 78 valence electrons. The van der Waals surface area contributed by atoms with Crippen LogP contribution < -0.4 is 5.73 Å². The highest BCUT2D eigenvalue weighted by molar-refractivity contribution is 7.98. The molecule has 0 spiro atoms. The van der Waals surface area contributed by atoms with Gasteiger partial charge in [0.15, 0.2) is 0 Å². The number of aliphatic hydroxyl groups excluding tert-OH is 1. The minimum atomic E-state index is 0.252. The minimum absolute atomic E-state index is 0.252. The van der Waals surface area contributed by atoms with Crippen molar-refractivity contribution in [3.63, 3.8) is 0 Å². The lowest BCUT2D eigenvalue weighted by molar-refractivity contribution is 0.296. The summed E-state index contributed by atoms with van der Waals surface area (Å²) in [7, 11) is 0. The van der Waals surface area contributed by atoms with Gasteiger partial charge in [-0.2, -0.15) is 11.8 Å². The lowest BCUT2D eigenvalue weighted by atomic mass is 10.2. The van der Waals surface area contributed by atoms with Gasteiger partial charge in [-0.3, -0.25) is 0 Å². The van der Waals surface area contributed by atoms with Crippen molar-refractivity contribution in [3.8, 4) is 0 Å². The van der Waals surface area contributed by atoms with Crippen LogP contribution in [-0.2, 0) is 5.75 Å². The molecule has 2 nitrogen and oxygen atoms in total. The standard InChI is InChI=1S/C10H14ClNOS/c11-10-6-9(12)3-2-8(10)7-14-5-1-4-13/h2-3,6,13H,1,4-5,7,12H2. The molecule has 1 rings (SSSR count). The molecule has 0 saturated heterocycles. The lowest BCUT2D eigenvalue weighted by Crippen LogP contribution is -1.90. The first-order valence-electron chi connectivity index (χ1n) is 4.46. The van der Waals surface area contributed by atoms with E-state index in [2.05, 4.69) is 0 Å². The molecule has 0 amide bonds. The highest BCUT2D eigenvalue weighted by Gasteiger charge is 2.00. The summed E-state index contributed by atoms with van der Waals surface area (Å²) in [5.41, 5.74) is 7.37. The van der Waals surface area contributed by atoms with Crippen LogP contribution in [0, 0.1) is 0 Å². The average Bonchev–Trinajstić information content (AvgIpc) is 2.15. The molecule has 0 heterocycles. The molecular weight excluding hydrogens is 218 g/mol. The van der Waals surface area contributed by atoms with E-state index < -0.39 is 0 Å². The molecule has 14 heavy (non-hydrogen) atoms. The van der Waals surface area contributed by atoms with Crippen LogP contribution in [-0.4, -0.2) is 17.5 Å². The Kier molecular flexibility index (Phi) is 5.15. The summed E-state index contributed by atoms with van der Waals surface area (Å²) in [6.07, 6.45) is 0.831. The van der Waals surface area contributed by atoms with Crippen molar-refractivity contribution in [1.82, 2.24) is 0 Å². The Morgan fingerprint density at radius 1 is 1.43 bits per heavy atom. The number of hydrogen-bond acceptors (Lipinski definition) is 3. The topological polar surface area (TPSA) is 46.2 Å². The third kappa shape index (κ3) is 3.78. The van der Waals surface area contributed by atoms with Gasteiger partial charge in [0.1, 0.15) is 0 Å². The smallest absolute Gasteiger partial charge is 0.0466 e. The normalized spacial score (nSPS) is 10.4. The largest absolute Gasteiger partial charge is 0.399 e. The quantitative estimate of drug-likeness (QED) is 0.605. The molecule has 1 aromatic carbocycles. The number of thioether (sulfide) groups is 1. The molecule has 0 saturated carbocycles. The maximum atomic E-state index is 8.60. The fourth-order valence-electron chi connectivity index (χ4n) is 1.03. The SMILES string of the molecule is Nc1ccc(CSCCCO)c(Cl)c1. The Bertz CT molecular complexity index is 293. The molecular formula is C10H14ClNOS.